The van der Waals surface area contributed by atoms with Gasteiger partial charge in [-0.2, -0.15) is 5.10 Å². The standard InChI is InChI=1S/C21H21N5O3/c1-3-10-25-13-23-20-18(21(25)28)17(14(2)29-20)19(27)22-9-6-11-26-16-8-5-4-7-15(16)12-24-26/h3-5,7-8,12-13H,1,6,9-11H2,2H3,(H,22,27). The number of carbonyl (C=O) groups is 1. The summed E-state index contributed by atoms with van der Waals surface area (Å²) >= 11 is 0. The lowest BCUT2D eigenvalue weighted by atomic mass is 10.1. The lowest BCUT2D eigenvalue weighted by Crippen LogP contribution is -2.28. The molecule has 0 bridgehead atoms. The highest BCUT2D eigenvalue weighted by atomic mass is 16.3. The highest BCUT2D eigenvalue weighted by Gasteiger charge is 2.22. The number of rotatable bonds is 7. The number of benzene rings is 1. The maximum atomic E-state index is 12.7. The molecule has 0 aliphatic carbocycles. The molecule has 0 atom stereocenters. The molecule has 1 aromatic carbocycles. The normalized spacial score (nSPS) is 11.2. The van der Waals surface area contributed by atoms with E-state index in [1.54, 1.807) is 13.0 Å². The summed E-state index contributed by atoms with van der Waals surface area (Å²) in [4.78, 5) is 29.6. The Hall–Kier alpha value is -3.68. The highest BCUT2D eigenvalue weighted by molar-refractivity contribution is 6.06. The summed E-state index contributed by atoms with van der Waals surface area (Å²) in [5.74, 6) is 0.0262. The molecule has 29 heavy (non-hydrogen) atoms. The van der Waals surface area contributed by atoms with Crippen molar-refractivity contribution in [3.8, 4) is 0 Å². The Morgan fingerprint density at radius 3 is 3.00 bits per heavy atom. The Balaban J connectivity index is 1.48. The van der Waals surface area contributed by atoms with Crippen molar-refractivity contribution in [2.75, 3.05) is 6.54 Å². The van der Waals surface area contributed by atoms with Crippen LogP contribution in [0.1, 0.15) is 22.5 Å². The average Bonchev–Trinajstić information content (AvgIpc) is 3.28. The van der Waals surface area contributed by atoms with Crippen LogP contribution in [0.3, 0.4) is 0 Å². The molecule has 1 N–H and O–H groups in total. The van der Waals surface area contributed by atoms with Gasteiger partial charge in [0.05, 0.1) is 17.3 Å². The summed E-state index contributed by atoms with van der Waals surface area (Å²) < 4.78 is 8.83. The van der Waals surface area contributed by atoms with Gasteiger partial charge < -0.3 is 9.73 Å². The van der Waals surface area contributed by atoms with Crippen molar-refractivity contribution in [3.05, 3.63) is 71.1 Å². The second kappa shape index (κ2) is 7.75. The quantitative estimate of drug-likeness (QED) is 0.386. The van der Waals surface area contributed by atoms with Gasteiger partial charge in [0.1, 0.15) is 17.5 Å². The zero-order valence-corrected chi connectivity index (χ0v) is 16.1. The van der Waals surface area contributed by atoms with E-state index in [0.717, 1.165) is 10.9 Å². The van der Waals surface area contributed by atoms with E-state index in [9.17, 15) is 9.59 Å². The van der Waals surface area contributed by atoms with Gasteiger partial charge >= 0.3 is 0 Å². The van der Waals surface area contributed by atoms with Crippen molar-refractivity contribution in [1.82, 2.24) is 24.6 Å². The van der Waals surface area contributed by atoms with Crippen molar-refractivity contribution in [2.24, 2.45) is 0 Å². The minimum absolute atomic E-state index is 0.168. The molecule has 4 rings (SSSR count). The largest absolute Gasteiger partial charge is 0.442 e. The molecule has 0 saturated heterocycles. The highest BCUT2D eigenvalue weighted by Crippen LogP contribution is 2.20. The van der Waals surface area contributed by atoms with E-state index in [0.29, 0.717) is 31.8 Å². The number of nitrogens with zero attached hydrogens (tertiary/aromatic N) is 4. The van der Waals surface area contributed by atoms with E-state index < -0.39 is 0 Å². The molecule has 8 heteroatoms. The van der Waals surface area contributed by atoms with Crippen LogP contribution < -0.4 is 10.9 Å². The van der Waals surface area contributed by atoms with E-state index in [2.05, 4.69) is 22.0 Å². The molecule has 0 saturated carbocycles. The molecule has 1 amide bonds. The number of allylic oxidation sites excluding steroid dienone is 1. The van der Waals surface area contributed by atoms with Crippen LogP contribution in [0.5, 0.6) is 0 Å². The fraction of sp³-hybridized carbons (Fsp3) is 0.238. The van der Waals surface area contributed by atoms with Crippen LogP contribution in [0.2, 0.25) is 0 Å². The topological polar surface area (TPSA) is 95.0 Å². The van der Waals surface area contributed by atoms with Crippen LogP contribution in [-0.4, -0.2) is 31.8 Å². The number of carbonyl (C=O) groups excluding carboxylic acids is 1. The molecule has 0 spiro atoms. The van der Waals surface area contributed by atoms with Gasteiger partial charge in [-0.1, -0.05) is 24.3 Å². The van der Waals surface area contributed by atoms with Crippen LogP contribution in [0, 0.1) is 6.92 Å². The number of aryl methyl sites for hydroxylation is 2. The number of fused-ring (bicyclic) bond motifs is 2. The summed E-state index contributed by atoms with van der Waals surface area (Å²) in [6.07, 6.45) is 5.52. The fourth-order valence-electron chi connectivity index (χ4n) is 3.40. The molecule has 0 aliphatic heterocycles. The van der Waals surface area contributed by atoms with Gasteiger partial charge in [0, 0.05) is 25.0 Å². The molecule has 4 aromatic rings. The number of para-hydroxylation sites is 1. The fourth-order valence-corrected chi connectivity index (χ4v) is 3.40. The summed E-state index contributed by atoms with van der Waals surface area (Å²) in [5.41, 5.74) is 1.14. The average molecular weight is 391 g/mol. The maximum Gasteiger partial charge on any atom is 0.265 e. The second-order valence-electron chi connectivity index (χ2n) is 6.74. The first-order valence-corrected chi connectivity index (χ1v) is 9.38. The first-order chi connectivity index (χ1) is 14.1. The molecular formula is C21H21N5O3. The lowest BCUT2D eigenvalue weighted by Gasteiger charge is -2.06. The lowest BCUT2D eigenvalue weighted by molar-refractivity contribution is 0.0952. The number of nitrogens with one attached hydrogen (secondary N) is 1. The smallest absolute Gasteiger partial charge is 0.265 e. The van der Waals surface area contributed by atoms with Crippen LogP contribution in [-0.2, 0) is 13.1 Å². The summed E-state index contributed by atoms with van der Waals surface area (Å²) in [6, 6.07) is 7.98. The van der Waals surface area contributed by atoms with E-state index in [4.69, 9.17) is 4.42 Å². The Kier molecular flexibility index (Phi) is 4.99. The third-order valence-electron chi connectivity index (χ3n) is 4.79. The number of aromatic nitrogens is 4. The number of furan rings is 1. The number of hydrogen-bond acceptors (Lipinski definition) is 5. The third-order valence-corrected chi connectivity index (χ3v) is 4.79. The first kappa shape index (κ1) is 18.7. The summed E-state index contributed by atoms with van der Waals surface area (Å²) in [5, 5.41) is 8.54. The monoisotopic (exact) mass is 391 g/mol. The molecule has 0 aliphatic rings. The maximum absolute atomic E-state index is 12.7. The van der Waals surface area contributed by atoms with Crippen molar-refractivity contribution < 1.29 is 9.21 Å². The van der Waals surface area contributed by atoms with Crippen LogP contribution in [0.15, 0.2) is 58.7 Å². The molecule has 8 nitrogen and oxygen atoms in total. The molecule has 0 unspecified atom stereocenters. The summed E-state index contributed by atoms with van der Waals surface area (Å²) in [6.45, 7) is 6.72. The number of hydrogen-bond donors (Lipinski definition) is 1. The molecule has 0 radical (unpaired) electrons. The van der Waals surface area contributed by atoms with Gasteiger partial charge in [-0.25, -0.2) is 4.98 Å². The molecule has 3 aromatic heterocycles. The predicted octanol–water partition coefficient (Wildman–Crippen LogP) is 2.65. The Labute approximate surface area is 166 Å². The van der Waals surface area contributed by atoms with E-state index in [1.807, 2.05) is 35.1 Å². The van der Waals surface area contributed by atoms with Crippen molar-refractivity contribution in [3.63, 3.8) is 0 Å². The van der Waals surface area contributed by atoms with Crippen LogP contribution in [0.4, 0.5) is 0 Å². The Morgan fingerprint density at radius 2 is 2.17 bits per heavy atom. The van der Waals surface area contributed by atoms with Crippen molar-refractivity contribution in [1.29, 1.82) is 0 Å². The van der Waals surface area contributed by atoms with Crippen LogP contribution in [0.25, 0.3) is 22.0 Å². The first-order valence-electron chi connectivity index (χ1n) is 9.38. The van der Waals surface area contributed by atoms with Crippen molar-refractivity contribution >= 4 is 27.9 Å². The minimum atomic E-state index is -0.346. The van der Waals surface area contributed by atoms with E-state index >= 15 is 0 Å². The minimum Gasteiger partial charge on any atom is -0.442 e. The predicted molar refractivity (Wildman–Crippen MR) is 110 cm³/mol. The van der Waals surface area contributed by atoms with Crippen molar-refractivity contribution in [2.45, 2.75) is 26.4 Å². The molecule has 3 heterocycles. The van der Waals surface area contributed by atoms with Gasteiger partial charge in [0.25, 0.3) is 11.5 Å². The number of amides is 1. The zero-order valence-electron chi connectivity index (χ0n) is 16.1. The second-order valence-corrected chi connectivity index (χ2v) is 6.74. The molecule has 0 fully saturated rings. The van der Waals surface area contributed by atoms with Gasteiger partial charge in [0.2, 0.25) is 5.71 Å². The van der Waals surface area contributed by atoms with E-state index in [-0.39, 0.29) is 28.1 Å². The third kappa shape index (κ3) is 3.44. The van der Waals surface area contributed by atoms with Crippen LogP contribution >= 0.6 is 0 Å². The molecular weight excluding hydrogens is 370 g/mol. The van der Waals surface area contributed by atoms with Gasteiger partial charge in [-0.3, -0.25) is 18.8 Å². The Morgan fingerprint density at radius 1 is 1.34 bits per heavy atom. The zero-order chi connectivity index (χ0) is 20.4. The molecule has 148 valence electrons. The Bertz CT molecular complexity index is 1260. The van der Waals surface area contributed by atoms with Gasteiger partial charge in [-0.15, -0.1) is 6.58 Å². The van der Waals surface area contributed by atoms with E-state index in [1.165, 1.54) is 10.9 Å². The van der Waals surface area contributed by atoms with Gasteiger partial charge in [-0.05, 0) is 19.4 Å². The SMILES string of the molecule is C=CCn1cnc2oc(C)c(C(=O)NCCCn3ncc4ccccc43)c2c1=O. The summed E-state index contributed by atoms with van der Waals surface area (Å²) in [7, 11) is 0. The van der Waals surface area contributed by atoms with Gasteiger partial charge in [0.15, 0.2) is 0 Å².